The lowest BCUT2D eigenvalue weighted by atomic mass is 10.0. The van der Waals surface area contributed by atoms with Crippen molar-refractivity contribution in [3.05, 3.63) is 66.6 Å². The zero-order valence-electron chi connectivity index (χ0n) is 19.2. The molecule has 2 aromatic heterocycles. The summed E-state index contributed by atoms with van der Waals surface area (Å²) in [6, 6.07) is 17.0. The standard InChI is InChI=1S/C25H28N6O2/c1-18(19-7-5-4-6-8-19)29-11-13-30(14-12-29)24-21(16-26-25-27-17-28-31(24)25)20-9-10-22(32-2)23(15-20)33-3/h4-10,15-18H,11-14H2,1-3H3/t18-/m0/s1. The quantitative estimate of drug-likeness (QED) is 0.449. The number of hydrogen-bond donors (Lipinski definition) is 0. The lowest BCUT2D eigenvalue weighted by molar-refractivity contribution is 0.198. The average molecular weight is 445 g/mol. The molecule has 0 N–H and O–H groups in total. The van der Waals surface area contributed by atoms with Crippen LogP contribution in [0.2, 0.25) is 0 Å². The summed E-state index contributed by atoms with van der Waals surface area (Å²) in [6.45, 7) is 5.97. The predicted molar refractivity (Wildman–Crippen MR) is 128 cm³/mol. The van der Waals surface area contributed by atoms with Gasteiger partial charge in [-0.25, -0.2) is 4.98 Å². The second kappa shape index (κ2) is 9.07. The molecule has 0 radical (unpaired) electrons. The number of benzene rings is 2. The second-order valence-corrected chi connectivity index (χ2v) is 8.15. The Morgan fingerprint density at radius 2 is 1.64 bits per heavy atom. The lowest BCUT2D eigenvalue weighted by Crippen LogP contribution is -2.48. The molecule has 0 amide bonds. The predicted octanol–water partition coefficient (Wildman–Crippen LogP) is 3.69. The molecular formula is C25H28N6O2. The number of nitrogens with zero attached hydrogens (tertiary/aromatic N) is 6. The number of hydrogen-bond acceptors (Lipinski definition) is 7. The third-order valence-corrected chi connectivity index (χ3v) is 6.42. The molecule has 3 heterocycles. The summed E-state index contributed by atoms with van der Waals surface area (Å²) in [5.74, 6) is 2.97. The van der Waals surface area contributed by atoms with E-state index in [1.807, 2.05) is 28.9 Å². The molecule has 4 aromatic rings. The van der Waals surface area contributed by atoms with E-state index in [9.17, 15) is 0 Å². The minimum absolute atomic E-state index is 0.377. The van der Waals surface area contributed by atoms with Crippen LogP contribution in [0.3, 0.4) is 0 Å². The molecule has 5 rings (SSSR count). The highest BCUT2D eigenvalue weighted by molar-refractivity contribution is 5.78. The molecule has 0 bridgehead atoms. The monoisotopic (exact) mass is 444 g/mol. The Bertz CT molecular complexity index is 1230. The molecule has 1 aliphatic heterocycles. The zero-order chi connectivity index (χ0) is 22.8. The first-order valence-electron chi connectivity index (χ1n) is 11.1. The fourth-order valence-electron chi connectivity index (χ4n) is 4.54. The molecule has 0 unspecified atom stereocenters. The molecule has 8 nitrogen and oxygen atoms in total. The van der Waals surface area contributed by atoms with E-state index in [-0.39, 0.29) is 0 Å². The molecule has 1 fully saturated rings. The van der Waals surface area contributed by atoms with Crippen LogP contribution in [0.15, 0.2) is 61.1 Å². The summed E-state index contributed by atoms with van der Waals surface area (Å²) >= 11 is 0. The number of ether oxygens (including phenoxy) is 2. The minimum Gasteiger partial charge on any atom is -0.493 e. The van der Waals surface area contributed by atoms with Crippen LogP contribution in [-0.2, 0) is 0 Å². The Morgan fingerprint density at radius 1 is 0.879 bits per heavy atom. The first-order valence-corrected chi connectivity index (χ1v) is 11.1. The third kappa shape index (κ3) is 3.98. The molecule has 8 heteroatoms. The third-order valence-electron chi connectivity index (χ3n) is 6.42. The Hall–Kier alpha value is -3.65. The lowest BCUT2D eigenvalue weighted by Gasteiger charge is -2.39. The van der Waals surface area contributed by atoms with Gasteiger partial charge in [0.2, 0.25) is 0 Å². The number of methoxy groups -OCH3 is 2. The molecule has 0 saturated carbocycles. The molecule has 33 heavy (non-hydrogen) atoms. The van der Waals surface area contributed by atoms with E-state index in [1.165, 1.54) is 5.56 Å². The number of rotatable bonds is 6. The van der Waals surface area contributed by atoms with E-state index >= 15 is 0 Å². The van der Waals surface area contributed by atoms with Crippen LogP contribution in [0.1, 0.15) is 18.5 Å². The van der Waals surface area contributed by atoms with Gasteiger partial charge in [0.15, 0.2) is 11.5 Å². The highest BCUT2D eigenvalue weighted by Crippen LogP contribution is 2.37. The minimum atomic E-state index is 0.377. The first-order chi connectivity index (χ1) is 16.2. The summed E-state index contributed by atoms with van der Waals surface area (Å²) in [6.07, 6.45) is 3.43. The largest absolute Gasteiger partial charge is 0.493 e. The van der Waals surface area contributed by atoms with Gasteiger partial charge in [0.1, 0.15) is 12.1 Å². The van der Waals surface area contributed by atoms with Gasteiger partial charge < -0.3 is 14.4 Å². The summed E-state index contributed by atoms with van der Waals surface area (Å²) in [5.41, 5.74) is 3.32. The highest BCUT2D eigenvalue weighted by Gasteiger charge is 2.26. The number of aromatic nitrogens is 4. The van der Waals surface area contributed by atoms with E-state index in [0.717, 1.165) is 43.1 Å². The van der Waals surface area contributed by atoms with Crippen molar-refractivity contribution in [1.29, 1.82) is 0 Å². The number of fused-ring (bicyclic) bond motifs is 1. The van der Waals surface area contributed by atoms with Crippen molar-refractivity contribution in [2.24, 2.45) is 0 Å². The average Bonchev–Trinajstić information content (AvgIpc) is 3.37. The molecule has 1 aliphatic rings. The van der Waals surface area contributed by atoms with Crippen LogP contribution in [0.25, 0.3) is 16.9 Å². The summed E-state index contributed by atoms with van der Waals surface area (Å²) in [7, 11) is 3.29. The smallest absolute Gasteiger partial charge is 0.254 e. The Balaban J connectivity index is 1.47. The SMILES string of the molecule is COc1ccc(-c2cnc3ncnn3c2N2CCN([C@@H](C)c3ccccc3)CC2)cc1OC. The van der Waals surface area contributed by atoms with Crippen LogP contribution >= 0.6 is 0 Å². The van der Waals surface area contributed by atoms with E-state index in [0.29, 0.717) is 23.3 Å². The Kier molecular flexibility index (Phi) is 5.83. The van der Waals surface area contributed by atoms with E-state index in [1.54, 1.807) is 20.5 Å². The van der Waals surface area contributed by atoms with Gasteiger partial charge in [-0.05, 0) is 30.2 Å². The van der Waals surface area contributed by atoms with Crippen LogP contribution < -0.4 is 14.4 Å². The van der Waals surface area contributed by atoms with Crippen LogP contribution in [0.4, 0.5) is 5.82 Å². The van der Waals surface area contributed by atoms with Crippen LogP contribution in [0, 0.1) is 0 Å². The Labute approximate surface area is 193 Å². The van der Waals surface area contributed by atoms with E-state index in [4.69, 9.17) is 9.47 Å². The maximum absolute atomic E-state index is 5.54. The van der Waals surface area contributed by atoms with Crippen molar-refractivity contribution in [3.63, 3.8) is 0 Å². The van der Waals surface area contributed by atoms with Gasteiger partial charge in [0.25, 0.3) is 5.78 Å². The van der Waals surface area contributed by atoms with Gasteiger partial charge in [0, 0.05) is 44.0 Å². The summed E-state index contributed by atoms with van der Waals surface area (Å²) in [4.78, 5) is 13.8. The maximum Gasteiger partial charge on any atom is 0.254 e. The van der Waals surface area contributed by atoms with Crippen molar-refractivity contribution >= 4 is 11.6 Å². The first kappa shape index (κ1) is 21.2. The van der Waals surface area contributed by atoms with Crippen molar-refractivity contribution in [2.45, 2.75) is 13.0 Å². The van der Waals surface area contributed by atoms with Gasteiger partial charge in [-0.1, -0.05) is 36.4 Å². The van der Waals surface area contributed by atoms with E-state index < -0.39 is 0 Å². The zero-order valence-corrected chi connectivity index (χ0v) is 19.2. The van der Waals surface area contributed by atoms with Crippen molar-refractivity contribution in [3.8, 4) is 22.6 Å². The number of anilines is 1. The van der Waals surface area contributed by atoms with Gasteiger partial charge in [-0.3, -0.25) is 4.90 Å². The fraction of sp³-hybridized carbons (Fsp3) is 0.320. The molecule has 170 valence electrons. The molecular weight excluding hydrogens is 416 g/mol. The second-order valence-electron chi connectivity index (χ2n) is 8.15. The van der Waals surface area contributed by atoms with Crippen molar-refractivity contribution < 1.29 is 9.47 Å². The fourth-order valence-corrected chi connectivity index (χ4v) is 4.54. The Morgan fingerprint density at radius 3 is 2.36 bits per heavy atom. The molecule has 2 aromatic carbocycles. The normalized spacial score (nSPS) is 15.5. The van der Waals surface area contributed by atoms with E-state index in [2.05, 4.69) is 62.1 Å². The molecule has 1 saturated heterocycles. The van der Waals surface area contributed by atoms with Gasteiger partial charge in [-0.15, -0.1) is 0 Å². The van der Waals surface area contributed by atoms with Crippen molar-refractivity contribution in [1.82, 2.24) is 24.5 Å². The van der Waals surface area contributed by atoms with Crippen LogP contribution in [0.5, 0.6) is 11.5 Å². The number of piperazine rings is 1. The van der Waals surface area contributed by atoms with Gasteiger partial charge in [0.05, 0.1) is 14.2 Å². The van der Waals surface area contributed by atoms with Crippen LogP contribution in [-0.4, -0.2) is 64.9 Å². The summed E-state index contributed by atoms with van der Waals surface area (Å²) in [5, 5.41) is 4.49. The summed E-state index contributed by atoms with van der Waals surface area (Å²) < 4.78 is 12.8. The molecule has 0 aliphatic carbocycles. The van der Waals surface area contributed by atoms with Gasteiger partial charge >= 0.3 is 0 Å². The molecule has 1 atom stereocenters. The molecule has 0 spiro atoms. The maximum atomic E-state index is 5.54. The van der Waals surface area contributed by atoms with Crippen molar-refractivity contribution in [2.75, 3.05) is 45.3 Å². The highest BCUT2D eigenvalue weighted by atomic mass is 16.5. The van der Waals surface area contributed by atoms with Gasteiger partial charge in [-0.2, -0.15) is 14.6 Å². The topological polar surface area (TPSA) is 68.0 Å².